The summed E-state index contributed by atoms with van der Waals surface area (Å²) in [5.41, 5.74) is -0.826. The van der Waals surface area contributed by atoms with Gasteiger partial charge in [-0.15, -0.1) is 0 Å². The normalized spacial score (nSPS) is 20.4. The Hall–Kier alpha value is -1.14. The third-order valence-electron chi connectivity index (χ3n) is 3.12. The Balaban J connectivity index is 2.63. The van der Waals surface area contributed by atoms with E-state index in [0.717, 1.165) is 13.1 Å². The second kappa shape index (κ2) is 5.97. The van der Waals surface area contributed by atoms with Crippen LogP contribution in [-0.2, 0) is 19.1 Å². The SMILES string of the molecule is COC(=O)C(C)NC(=O)C1(OC)CCNCC1. The monoisotopic (exact) mass is 244 g/mol. The van der Waals surface area contributed by atoms with Crippen molar-refractivity contribution in [1.82, 2.24) is 10.6 Å². The highest BCUT2D eigenvalue weighted by Crippen LogP contribution is 2.22. The summed E-state index contributed by atoms with van der Waals surface area (Å²) < 4.78 is 9.91. The largest absolute Gasteiger partial charge is 0.467 e. The van der Waals surface area contributed by atoms with E-state index in [4.69, 9.17) is 4.74 Å². The molecule has 1 unspecified atom stereocenters. The zero-order chi connectivity index (χ0) is 12.9. The van der Waals surface area contributed by atoms with Crippen molar-refractivity contribution in [2.75, 3.05) is 27.3 Å². The number of hydrogen-bond donors (Lipinski definition) is 2. The van der Waals surface area contributed by atoms with Crippen LogP contribution in [0, 0.1) is 0 Å². The molecular formula is C11H20N2O4. The molecule has 0 spiro atoms. The lowest BCUT2D eigenvalue weighted by Gasteiger charge is -2.35. The minimum atomic E-state index is -0.826. The van der Waals surface area contributed by atoms with Crippen molar-refractivity contribution < 1.29 is 19.1 Å². The molecule has 0 bridgehead atoms. The molecule has 0 radical (unpaired) electrons. The number of hydrogen-bond acceptors (Lipinski definition) is 5. The highest BCUT2D eigenvalue weighted by atomic mass is 16.5. The van der Waals surface area contributed by atoms with Crippen LogP contribution in [0.3, 0.4) is 0 Å². The van der Waals surface area contributed by atoms with Gasteiger partial charge in [-0.3, -0.25) is 4.79 Å². The fourth-order valence-corrected chi connectivity index (χ4v) is 1.92. The van der Waals surface area contributed by atoms with E-state index in [0.29, 0.717) is 12.8 Å². The van der Waals surface area contributed by atoms with Gasteiger partial charge in [-0.05, 0) is 32.9 Å². The number of piperidine rings is 1. The maximum Gasteiger partial charge on any atom is 0.328 e. The van der Waals surface area contributed by atoms with E-state index in [-0.39, 0.29) is 5.91 Å². The third kappa shape index (κ3) is 3.17. The molecule has 6 nitrogen and oxygen atoms in total. The molecule has 0 aromatic rings. The van der Waals surface area contributed by atoms with Crippen LogP contribution in [0.25, 0.3) is 0 Å². The van der Waals surface area contributed by atoms with Crippen molar-refractivity contribution in [1.29, 1.82) is 0 Å². The van der Waals surface area contributed by atoms with Gasteiger partial charge in [-0.1, -0.05) is 0 Å². The molecule has 2 N–H and O–H groups in total. The van der Waals surface area contributed by atoms with E-state index < -0.39 is 17.6 Å². The summed E-state index contributed by atoms with van der Waals surface area (Å²) in [4.78, 5) is 23.3. The number of nitrogens with one attached hydrogen (secondary N) is 2. The van der Waals surface area contributed by atoms with Gasteiger partial charge in [0, 0.05) is 7.11 Å². The first-order valence-corrected chi connectivity index (χ1v) is 5.70. The third-order valence-corrected chi connectivity index (χ3v) is 3.12. The zero-order valence-electron chi connectivity index (χ0n) is 10.5. The first-order chi connectivity index (χ1) is 8.05. The topological polar surface area (TPSA) is 76.7 Å². The van der Waals surface area contributed by atoms with Crippen molar-refractivity contribution >= 4 is 11.9 Å². The van der Waals surface area contributed by atoms with Crippen LogP contribution in [-0.4, -0.2) is 50.8 Å². The van der Waals surface area contributed by atoms with Crippen LogP contribution in [0.4, 0.5) is 0 Å². The average molecular weight is 244 g/mol. The number of rotatable bonds is 4. The van der Waals surface area contributed by atoms with E-state index in [9.17, 15) is 9.59 Å². The second-order valence-corrected chi connectivity index (χ2v) is 4.17. The first-order valence-electron chi connectivity index (χ1n) is 5.70. The van der Waals surface area contributed by atoms with E-state index >= 15 is 0 Å². The van der Waals surface area contributed by atoms with Crippen molar-refractivity contribution in [3.8, 4) is 0 Å². The Morgan fingerprint density at radius 3 is 2.35 bits per heavy atom. The van der Waals surface area contributed by atoms with Crippen molar-refractivity contribution in [2.45, 2.75) is 31.4 Å². The summed E-state index contributed by atoms with van der Waals surface area (Å²) in [6.07, 6.45) is 1.20. The molecule has 1 amide bonds. The number of esters is 1. The lowest BCUT2D eigenvalue weighted by Crippen LogP contribution is -2.56. The molecule has 1 aliphatic heterocycles. The molecular weight excluding hydrogens is 224 g/mol. The molecule has 1 saturated heterocycles. The molecule has 1 heterocycles. The van der Waals surface area contributed by atoms with Gasteiger partial charge in [0.2, 0.25) is 0 Å². The predicted octanol–water partition coefficient (Wildman–Crippen LogP) is -0.567. The lowest BCUT2D eigenvalue weighted by molar-refractivity contribution is -0.152. The highest BCUT2D eigenvalue weighted by molar-refractivity contribution is 5.89. The Bertz CT molecular complexity index is 287. The molecule has 0 saturated carbocycles. The molecule has 0 aromatic carbocycles. The second-order valence-electron chi connectivity index (χ2n) is 4.17. The average Bonchev–Trinajstić information content (AvgIpc) is 2.38. The van der Waals surface area contributed by atoms with Gasteiger partial charge in [0.15, 0.2) is 0 Å². The number of amides is 1. The van der Waals surface area contributed by atoms with Gasteiger partial charge in [0.1, 0.15) is 11.6 Å². The molecule has 17 heavy (non-hydrogen) atoms. The number of carbonyl (C=O) groups excluding carboxylic acids is 2. The fraction of sp³-hybridized carbons (Fsp3) is 0.818. The number of methoxy groups -OCH3 is 2. The summed E-state index contributed by atoms with van der Waals surface area (Å²) in [6, 6.07) is -0.658. The van der Waals surface area contributed by atoms with Crippen molar-refractivity contribution in [2.24, 2.45) is 0 Å². The Labute approximate surface area is 101 Å². The van der Waals surface area contributed by atoms with Gasteiger partial charge in [0.05, 0.1) is 7.11 Å². The van der Waals surface area contributed by atoms with Gasteiger partial charge >= 0.3 is 5.97 Å². The lowest BCUT2D eigenvalue weighted by atomic mass is 9.91. The maximum atomic E-state index is 12.1. The molecule has 98 valence electrons. The van der Waals surface area contributed by atoms with Gasteiger partial charge < -0.3 is 20.1 Å². The number of ether oxygens (including phenoxy) is 2. The van der Waals surface area contributed by atoms with Crippen LogP contribution in [0.5, 0.6) is 0 Å². The van der Waals surface area contributed by atoms with Gasteiger partial charge in [0.25, 0.3) is 5.91 Å². The van der Waals surface area contributed by atoms with Gasteiger partial charge in [-0.2, -0.15) is 0 Å². The van der Waals surface area contributed by atoms with Crippen LogP contribution in [0.1, 0.15) is 19.8 Å². The maximum absolute atomic E-state index is 12.1. The predicted molar refractivity (Wildman–Crippen MR) is 61.5 cm³/mol. The Kier molecular flexibility index (Phi) is 4.89. The number of carbonyl (C=O) groups is 2. The van der Waals surface area contributed by atoms with E-state index in [1.807, 2.05) is 0 Å². The van der Waals surface area contributed by atoms with Crippen molar-refractivity contribution in [3.63, 3.8) is 0 Å². The molecule has 1 rings (SSSR count). The summed E-state index contributed by atoms with van der Waals surface area (Å²) in [7, 11) is 2.81. The molecule has 0 aliphatic carbocycles. The fourth-order valence-electron chi connectivity index (χ4n) is 1.92. The quantitative estimate of drug-likeness (QED) is 0.648. The van der Waals surface area contributed by atoms with E-state index in [1.54, 1.807) is 6.92 Å². The van der Waals surface area contributed by atoms with E-state index in [2.05, 4.69) is 15.4 Å². The standard InChI is InChI=1S/C11H20N2O4/c1-8(9(14)16-2)13-10(15)11(17-3)4-6-12-7-5-11/h8,12H,4-7H2,1-3H3,(H,13,15). The molecule has 1 aliphatic rings. The smallest absolute Gasteiger partial charge is 0.328 e. The minimum Gasteiger partial charge on any atom is -0.467 e. The Morgan fingerprint density at radius 1 is 1.29 bits per heavy atom. The molecule has 6 heteroatoms. The molecule has 1 atom stereocenters. The van der Waals surface area contributed by atoms with Crippen LogP contribution >= 0.6 is 0 Å². The first kappa shape index (κ1) is 13.9. The summed E-state index contributed by atoms with van der Waals surface area (Å²) in [5, 5.41) is 5.79. The van der Waals surface area contributed by atoms with Crippen LogP contribution in [0.2, 0.25) is 0 Å². The van der Waals surface area contributed by atoms with Crippen LogP contribution < -0.4 is 10.6 Å². The Morgan fingerprint density at radius 2 is 1.88 bits per heavy atom. The van der Waals surface area contributed by atoms with Crippen LogP contribution in [0.15, 0.2) is 0 Å². The summed E-state index contributed by atoms with van der Waals surface area (Å²) >= 11 is 0. The molecule has 0 aromatic heterocycles. The van der Waals surface area contributed by atoms with E-state index in [1.165, 1.54) is 14.2 Å². The highest BCUT2D eigenvalue weighted by Gasteiger charge is 2.40. The summed E-state index contributed by atoms with van der Waals surface area (Å²) in [5.74, 6) is -0.710. The van der Waals surface area contributed by atoms with Gasteiger partial charge in [-0.25, -0.2) is 4.79 Å². The minimum absolute atomic E-state index is 0.251. The van der Waals surface area contributed by atoms with Crippen molar-refractivity contribution in [3.05, 3.63) is 0 Å². The zero-order valence-corrected chi connectivity index (χ0v) is 10.5. The molecule has 1 fully saturated rings. The summed E-state index contributed by atoms with van der Waals surface area (Å²) in [6.45, 7) is 3.05.